The highest BCUT2D eigenvalue weighted by Gasteiger charge is 2.24. The largest absolute Gasteiger partial charge is 0.329 e. The zero-order valence-electron chi connectivity index (χ0n) is 11.3. The van der Waals surface area contributed by atoms with Crippen molar-refractivity contribution in [3.05, 3.63) is 35.9 Å². The molecule has 1 aromatic rings. The van der Waals surface area contributed by atoms with Gasteiger partial charge in [0.25, 0.3) is 0 Å². The summed E-state index contributed by atoms with van der Waals surface area (Å²) in [6.45, 7) is 7.97. The van der Waals surface area contributed by atoms with Crippen LogP contribution in [0.5, 0.6) is 0 Å². The van der Waals surface area contributed by atoms with Crippen LogP contribution in [0, 0.1) is 5.41 Å². The average molecular weight is 236 g/mol. The molecule has 0 aliphatic rings. The maximum absolute atomic E-state index is 5.88. The zero-order valence-corrected chi connectivity index (χ0v) is 11.3. The molecule has 17 heavy (non-hydrogen) atoms. The summed E-state index contributed by atoms with van der Waals surface area (Å²) in [4.78, 5) is 5.49. The van der Waals surface area contributed by atoms with Gasteiger partial charge >= 0.3 is 0 Å². The standard InChI is InChI=1S/C14H24N2O/c1-14(2,3)11-16(17-4)13(10-15)12-8-6-5-7-9-12/h5-9,13H,10-11,15H2,1-4H3. The number of hydrogen-bond acceptors (Lipinski definition) is 3. The van der Waals surface area contributed by atoms with Crippen LogP contribution >= 0.6 is 0 Å². The lowest BCUT2D eigenvalue weighted by Crippen LogP contribution is -2.38. The lowest BCUT2D eigenvalue weighted by molar-refractivity contribution is -0.176. The Bertz CT molecular complexity index is 319. The Morgan fingerprint density at radius 2 is 1.82 bits per heavy atom. The molecule has 0 radical (unpaired) electrons. The van der Waals surface area contributed by atoms with Gasteiger partial charge in [0.2, 0.25) is 0 Å². The second kappa shape index (κ2) is 6.15. The highest BCUT2D eigenvalue weighted by Crippen LogP contribution is 2.24. The fourth-order valence-corrected chi connectivity index (χ4v) is 1.86. The summed E-state index contributed by atoms with van der Waals surface area (Å²) in [6.07, 6.45) is 0. The van der Waals surface area contributed by atoms with Crippen LogP contribution in [0.15, 0.2) is 30.3 Å². The van der Waals surface area contributed by atoms with Gasteiger partial charge in [0, 0.05) is 13.1 Å². The van der Waals surface area contributed by atoms with E-state index < -0.39 is 0 Å². The van der Waals surface area contributed by atoms with E-state index in [-0.39, 0.29) is 11.5 Å². The van der Waals surface area contributed by atoms with Gasteiger partial charge in [0.15, 0.2) is 0 Å². The number of nitrogens with two attached hydrogens (primary N) is 1. The molecule has 0 aliphatic heterocycles. The van der Waals surface area contributed by atoms with Gasteiger partial charge < -0.3 is 10.6 Å². The van der Waals surface area contributed by atoms with Gasteiger partial charge in [-0.05, 0) is 11.0 Å². The summed E-state index contributed by atoms with van der Waals surface area (Å²) >= 11 is 0. The number of nitrogens with zero attached hydrogens (tertiary/aromatic N) is 1. The van der Waals surface area contributed by atoms with E-state index in [1.165, 1.54) is 5.56 Å². The Morgan fingerprint density at radius 3 is 2.24 bits per heavy atom. The van der Waals surface area contributed by atoms with E-state index in [0.29, 0.717) is 6.54 Å². The summed E-state index contributed by atoms with van der Waals surface area (Å²) in [5.74, 6) is 0. The molecule has 0 heterocycles. The van der Waals surface area contributed by atoms with Crippen LogP contribution in [-0.2, 0) is 4.84 Å². The normalized spacial score (nSPS) is 14.0. The first-order valence-electron chi connectivity index (χ1n) is 6.03. The van der Waals surface area contributed by atoms with Gasteiger partial charge in [-0.25, -0.2) is 0 Å². The smallest absolute Gasteiger partial charge is 0.0724 e. The summed E-state index contributed by atoms with van der Waals surface area (Å²) in [7, 11) is 1.71. The van der Waals surface area contributed by atoms with Crippen LogP contribution in [0.3, 0.4) is 0 Å². The predicted molar refractivity (Wildman–Crippen MR) is 71.4 cm³/mol. The molecule has 0 bridgehead atoms. The molecule has 0 saturated carbocycles. The molecular weight excluding hydrogens is 212 g/mol. The Morgan fingerprint density at radius 1 is 1.24 bits per heavy atom. The quantitative estimate of drug-likeness (QED) is 0.799. The topological polar surface area (TPSA) is 38.5 Å². The minimum absolute atomic E-state index is 0.112. The summed E-state index contributed by atoms with van der Waals surface area (Å²) < 4.78 is 0. The molecule has 3 nitrogen and oxygen atoms in total. The van der Waals surface area contributed by atoms with Crippen LogP contribution in [0.2, 0.25) is 0 Å². The molecule has 1 rings (SSSR count). The molecule has 0 amide bonds. The summed E-state index contributed by atoms with van der Waals surface area (Å²) in [5, 5.41) is 1.97. The lowest BCUT2D eigenvalue weighted by atomic mass is 9.95. The van der Waals surface area contributed by atoms with Crippen LogP contribution in [0.25, 0.3) is 0 Å². The molecule has 2 N–H and O–H groups in total. The molecular formula is C14H24N2O. The third-order valence-electron chi connectivity index (χ3n) is 2.62. The van der Waals surface area contributed by atoms with Crippen LogP contribution in [-0.4, -0.2) is 25.3 Å². The second-order valence-corrected chi connectivity index (χ2v) is 5.48. The first-order valence-corrected chi connectivity index (χ1v) is 6.03. The average Bonchev–Trinajstić information content (AvgIpc) is 2.28. The van der Waals surface area contributed by atoms with Crippen molar-refractivity contribution in [1.29, 1.82) is 0 Å². The summed E-state index contributed by atoms with van der Waals surface area (Å²) in [6, 6.07) is 10.4. The van der Waals surface area contributed by atoms with Crippen LogP contribution < -0.4 is 5.73 Å². The second-order valence-electron chi connectivity index (χ2n) is 5.48. The highest BCUT2D eigenvalue weighted by molar-refractivity contribution is 5.19. The fraction of sp³-hybridized carbons (Fsp3) is 0.571. The monoisotopic (exact) mass is 236 g/mol. The first-order chi connectivity index (χ1) is 7.98. The van der Waals surface area contributed by atoms with E-state index in [0.717, 1.165) is 6.54 Å². The van der Waals surface area contributed by atoms with Crippen molar-refractivity contribution in [2.45, 2.75) is 26.8 Å². The van der Waals surface area contributed by atoms with Gasteiger partial charge in [-0.1, -0.05) is 51.1 Å². The van der Waals surface area contributed by atoms with Gasteiger partial charge in [0.1, 0.15) is 0 Å². The number of benzene rings is 1. The molecule has 0 aliphatic carbocycles. The highest BCUT2D eigenvalue weighted by atomic mass is 16.7. The molecule has 0 saturated heterocycles. The van der Waals surface area contributed by atoms with Crippen molar-refractivity contribution in [3.63, 3.8) is 0 Å². The molecule has 1 unspecified atom stereocenters. The Hall–Kier alpha value is -0.900. The van der Waals surface area contributed by atoms with E-state index in [9.17, 15) is 0 Å². The van der Waals surface area contributed by atoms with Crippen molar-refractivity contribution in [2.24, 2.45) is 11.1 Å². The third-order valence-corrected chi connectivity index (χ3v) is 2.62. The first kappa shape index (κ1) is 14.2. The van der Waals surface area contributed by atoms with Crippen molar-refractivity contribution in [2.75, 3.05) is 20.2 Å². The maximum atomic E-state index is 5.88. The molecule has 0 spiro atoms. The Kier molecular flexibility index (Phi) is 5.12. The lowest BCUT2D eigenvalue weighted by Gasteiger charge is -2.34. The number of hydrogen-bond donors (Lipinski definition) is 1. The third kappa shape index (κ3) is 4.46. The van der Waals surface area contributed by atoms with Crippen molar-refractivity contribution < 1.29 is 4.84 Å². The van der Waals surface area contributed by atoms with E-state index in [1.807, 2.05) is 23.3 Å². The van der Waals surface area contributed by atoms with E-state index in [4.69, 9.17) is 10.6 Å². The van der Waals surface area contributed by atoms with Gasteiger partial charge in [-0.3, -0.25) is 0 Å². The van der Waals surface area contributed by atoms with Crippen LogP contribution in [0.1, 0.15) is 32.4 Å². The number of rotatable bonds is 5. The van der Waals surface area contributed by atoms with Crippen molar-refractivity contribution >= 4 is 0 Å². The van der Waals surface area contributed by atoms with E-state index in [1.54, 1.807) is 7.11 Å². The van der Waals surface area contributed by atoms with Crippen molar-refractivity contribution in [3.8, 4) is 0 Å². The Labute approximate surface area is 105 Å². The fourth-order valence-electron chi connectivity index (χ4n) is 1.86. The molecule has 0 fully saturated rings. The van der Waals surface area contributed by atoms with Gasteiger partial charge in [-0.2, -0.15) is 5.06 Å². The molecule has 1 atom stereocenters. The minimum atomic E-state index is 0.112. The molecule has 1 aromatic carbocycles. The molecule has 0 aromatic heterocycles. The van der Waals surface area contributed by atoms with Crippen LogP contribution in [0.4, 0.5) is 0 Å². The maximum Gasteiger partial charge on any atom is 0.0724 e. The zero-order chi connectivity index (χ0) is 12.9. The van der Waals surface area contributed by atoms with Crippen molar-refractivity contribution in [1.82, 2.24) is 5.06 Å². The number of hydroxylamine groups is 2. The predicted octanol–water partition coefficient (Wildman–Crippen LogP) is 2.60. The van der Waals surface area contributed by atoms with E-state index in [2.05, 4.69) is 32.9 Å². The Balaban J connectivity index is 2.84. The summed E-state index contributed by atoms with van der Waals surface area (Å²) in [5.41, 5.74) is 7.25. The SMILES string of the molecule is CON(CC(C)(C)C)C(CN)c1ccccc1. The minimum Gasteiger partial charge on any atom is -0.329 e. The molecule has 3 heteroatoms. The molecule has 96 valence electrons. The van der Waals surface area contributed by atoms with Gasteiger partial charge in [0.05, 0.1) is 13.2 Å². The van der Waals surface area contributed by atoms with Gasteiger partial charge in [-0.15, -0.1) is 0 Å². The van der Waals surface area contributed by atoms with E-state index >= 15 is 0 Å².